The number of aryl methyl sites for hydroxylation is 1. The van der Waals surface area contributed by atoms with Gasteiger partial charge in [-0.25, -0.2) is 4.39 Å². The normalized spacial score (nSPS) is 10.5. The summed E-state index contributed by atoms with van der Waals surface area (Å²) in [6.45, 7) is 5.73. The Morgan fingerprint density at radius 2 is 1.57 bits per heavy atom. The zero-order valence-electron chi connectivity index (χ0n) is 16.4. The highest BCUT2D eigenvalue weighted by molar-refractivity contribution is 5.52. The predicted octanol–water partition coefficient (Wildman–Crippen LogP) is 5.98. The molecule has 28 heavy (non-hydrogen) atoms. The van der Waals surface area contributed by atoms with Gasteiger partial charge < -0.3 is 14.8 Å². The van der Waals surface area contributed by atoms with Crippen molar-refractivity contribution in [2.45, 2.75) is 33.4 Å². The Labute approximate surface area is 166 Å². The number of hydrogen-bond acceptors (Lipinski definition) is 3. The van der Waals surface area contributed by atoms with Crippen molar-refractivity contribution in [1.29, 1.82) is 0 Å². The maximum absolute atomic E-state index is 13.0. The van der Waals surface area contributed by atoms with Crippen molar-refractivity contribution in [1.82, 2.24) is 0 Å². The summed E-state index contributed by atoms with van der Waals surface area (Å²) in [7, 11) is 0. The lowest BCUT2D eigenvalue weighted by atomic mass is 10.1. The Kier molecular flexibility index (Phi) is 6.90. The first-order valence-corrected chi connectivity index (χ1v) is 9.64. The van der Waals surface area contributed by atoms with Crippen LogP contribution in [0.3, 0.4) is 0 Å². The quantitative estimate of drug-likeness (QED) is 0.496. The molecule has 0 aromatic heterocycles. The van der Waals surface area contributed by atoms with E-state index in [1.807, 2.05) is 31.2 Å². The molecule has 4 heteroatoms. The van der Waals surface area contributed by atoms with E-state index in [1.165, 1.54) is 17.7 Å². The summed E-state index contributed by atoms with van der Waals surface area (Å²) >= 11 is 0. The van der Waals surface area contributed by atoms with Crippen LogP contribution in [0, 0.1) is 5.82 Å². The van der Waals surface area contributed by atoms with Crippen molar-refractivity contribution in [3.63, 3.8) is 0 Å². The zero-order valence-corrected chi connectivity index (χ0v) is 16.4. The molecule has 0 spiro atoms. The minimum atomic E-state index is -0.250. The van der Waals surface area contributed by atoms with Crippen LogP contribution < -0.4 is 14.8 Å². The first-order valence-electron chi connectivity index (χ1n) is 9.64. The van der Waals surface area contributed by atoms with E-state index in [9.17, 15) is 4.39 Å². The third kappa shape index (κ3) is 5.26. The van der Waals surface area contributed by atoms with Gasteiger partial charge in [-0.15, -0.1) is 0 Å². The van der Waals surface area contributed by atoms with Crippen LogP contribution in [0.15, 0.2) is 66.7 Å². The smallest absolute Gasteiger partial charge is 0.161 e. The lowest BCUT2D eigenvalue weighted by Gasteiger charge is -2.15. The van der Waals surface area contributed by atoms with E-state index in [0.29, 0.717) is 31.3 Å². The molecule has 0 heterocycles. The highest BCUT2D eigenvalue weighted by atomic mass is 19.1. The van der Waals surface area contributed by atoms with Crippen LogP contribution in [0.5, 0.6) is 11.5 Å². The van der Waals surface area contributed by atoms with Crippen molar-refractivity contribution < 1.29 is 13.9 Å². The van der Waals surface area contributed by atoms with Crippen LogP contribution in [0.1, 0.15) is 30.5 Å². The van der Waals surface area contributed by atoms with E-state index in [0.717, 1.165) is 23.2 Å². The van der Waals surface area contributed by atoms with Gasteiger partial charge in [-0.2, -0.15) is 0 Å². The zero-order chi connectivity index (χ0) is 19.8. The van der Waals surface area contributed by atoms with Gasteiger partial charge >= 0.3 is 0 Å². The van der Waals surface area contributed by atoms with E-state index >= 15 is 0 Å². The van der Waals surface area contributed by atoms with Crippen LogP contribution in [0.4, 0.5) is 10.1 Å². The molecular weight excluding hydrogens is 353 g/mol. The van der Waals surface area contributed by atoms with Gasteiger partial charge in [-0.05, 0) is 60.4 Å². The Morgan fingerprint density at radius 1 is 0.821 bits per heavy atom. The Morgan fingerprint density at radius 3 is 2.32 bits per heavy atom. The van der Waals surface area contributed by atoms with Crippen LogP contribution in [-0.4, -0.2) is 6.61 Å². The summed E-state index contributed by atoms with van der Waals surface area (Å²) < 4.78 is 24.7. The van der Waals surface area contributed by atoms with Crippen LogP contribution in [0.25, 0.3) is 0 Å². The fourth-order valence-corrected chi connectivity index (χ4v) is 2.99. The molecule has 0 aliphatic rings. The van der Waals surface area contributed by atoms with Crippen LogP contribution in [0.2, 0.25) is 0 Å². The minimum absolute atomic E-state index is 0.250. The third-order valence-electron chi connectivity index (χ3n) is 4.50. The number of rotatable bonds is 9. The number of para-hydroxylation sites is 1. The van der Waals surface area contributed by atoms with Gasteiger partial charge in [0.1, 0.15) is 12.4 Å². The molecule has 0 fully saturated rings. The number of halogens is 1. The van der Waals surface area contributed by atoms with E-state index in [4.69, 9.17) is 9.47 Å². The summed E-state index contributed by atoms with van der Waals surface area (Å²) in [6.07, 6.45) is 0.990. The number of nitrogens with one attached hydrogen (secondary N) is 1. The monoisotopic (exact) mass is 379 g/mol. The standard InChI is InChI=1S/C24H26FNO2/c1-3-20-7-5-6-8-22(20)26-16-19-11-14-23(24(15-19)27-4-2)28-17-18-9-12-21(25)13-10-18/h5-15,26H,3-4,16-17H2,1-2H3. The predicted molar refractivity (Wildman–Crippen MR) is 111 cm³/mol. The average molecular weight is 379 g/mol. The second-order valence-electron chi connectivity index (χ2n) is 6.49. The maximum atomic E-state index is 13.0. The van der Waals surface area contributed by atoms with Gasteiger partial charge in [-0.1, -0.05) is 43.3 Å². The van der Waals surface area contributed by atoms with Gasteiger partial charge in [0.15, 0.2) is 11.5 Å². The summed E-state index contributed by atoms with van der Waals surface area (Å²) in [5, 5.41) is 3.50. The summed E-state index contributed by atoms with van der Waals surface area (Å²) in [4.78, 5) is 0. The van der Waals surface area contributed by atoms with E-state index < -0.39 is 0 Å². The van der Waals surface area contributed by atoms with Crippen molar-refractivity contribution in [2.75, 3.05) is 11.9 Å². The number of hydrogen-bond donors (Lipinski definition) is 1. The molecule has 0 aliphatic heterocycles. The molecule has 3 aromatic rings. The van der Waals surface area contributed by atoms with Gasteiger partial charge in [-0.3, -0.25) is 0 Å². The molecule has 0 bridgehead atoms. The lowest BCUT2D eigenvalue weighted by molar-refractivity contribution is 0.269. The Bertz CT molecular complexity index is 893. The topological polar surface area (TPSA) is 30.5 Å². The molecule has 0 saturated heterocycles. The molecule has 0 radical (unpaired) electrons. The SMILES string of the molecule is CCOc1cc(CNc2ccccc2CC)ccc1OCc1ccc(F)cc1. The first kappa shape index (κ1) is 19.7. The van der Waals surface area contributed by atoms with Crippen LogP contribution >= 0.6 is 0 Å². The molecule has 0 unspecified atom stereocenters. The number of benzene rings is 3. The number of anilines is 1. The van der Waals surface area contributed by atoms with Gasteiger partial charge in [0.25, 0.3) is 0 Å². The largest absolute Gasteiger partial charge is 0.490 e. The second-order valence-corrected chi connectivity index (χ2v) is 6.49. The molecule has 3 nitrogen and oxygen atoms in total. The van der Waals surface area contributed by atoms with E-state index in [-0.39, 0.29) is 5.82 Å². The fraction of sp³-hybridized carbons (Fsp3) is 0.250. The van der Waals surface area contributed by atoms with Crippen molar-refractivity contribution in [3.8, 4) is 11.5 Å². The minimum Gasteiger partial charge on any atom is -0.490 e. The summed E-state index contributed by atoms with van der Waals surface area (Å²) in [6, 6.07) is 20.6. The molecule has 0 saturated carbocycles. The number of ether oxygens (including phenoxy) is 2. The molecular formula is C24H26FNO2. The lowest BCUT2D eigenvalue weighted by Crippen LogP contribution is -2.04. The van der Waals surface area contributed by atoms with Gasteiger partial charge in [0.05, 0.1) is 6.61 Å². The van der Waals surface area contributed by atoms with E-state index in [2.05, 4.69) is 30.4 Å². The van der Waals surface area contributed by atoms with Gasteiger partial charge in [0, 0.05) is 12.2 Å². The summed E-state index contributed by atoms with van der Waals surface area (Å²) in [5.41, 5.74) is 4.47. The maximum Gasteiger partial charge on any atom is 0.161 e. The third-order valence-corrected chi connectivity index (χ3v) is 4.50. The molecule has 3 rings (SSSR count). The highest BCUT2D eigenvalue weighted by Gasteiger charge is 2.08. The van der Waals surface area contributed by atoms with Crippen molar-refractivity contribution in [3.05, 3.63) is 89.2 Å². The molecule has 3 aromatic carbocycles. The Hall–Kier alpha value is -3.01. The molecule has 146 valence electrons. The van der Waals surface area contributed by atoms with Gasteiger partial charge in [0.2, 0.25) is 0 Å². The Balaban J connectivity index is 1.68. The molecule has 0 aliphatic carbocycles. The molecule has 0 amide bonds. The first-order chi connectivity index (χ1) is 13.7. The highest BCUT2D eigenvalue weighted by Crippen LogP contribution is 2.30. The fourth-order valence-electron chi connectivity index (χ4n) is 2.99. The van der Waals surface area contributed by atoms with Crippen molar-refractivity contribution in [2.24, 2.45) is 0 Å². The van der Waals surface area contributed by atoms with E-state index in [1.54, 1.807) is 12.1 Å². The summed E-state index contributed by atoms with van der Waals surface area (Å²) in [5.74, 6) is 1.15. The average Bonchev–Trinajstić information content (AvgIpc) is 2.73. The second kappa shape index (κ2) is 9.79. The molecule has 0 atom stereocenters. The van der Waals surface area contributed by atoms with Crippen molar-refractivity contribution >= 4 is 5.69 Å². The van der Waals surface area contributed by atoms with Crippen LogP contribution in [-0.2, 0) is 19.6 Å². The molecule has 1 N–H and O–H groups in total.